The lowest BCUT2D eigenvalue weighted by Gasteiger charge is -2.11. The molecule has 2 N–H and O–H groups in total. The van der Waals surface area contributed by atoms with E-state index in [1.54, 1.807) is 12.1 Å². The third-order valence-corrected chi connectivity index (χ3v) is 4.92. The minimum Gasteiger partial charge on any atom is -0.494 e. The standard InChI is InChI=1S/C25H23ClN2O2S/c26-23-14-5-4-11-20(23)15-16-24(29)28-25(31)27-21-12-6-13-22(18-21)30-17-7-10-19-8-2-1-3-9-19/h1-6,8-9,11-16,18H,7,10,17H2,(H2,27,28,29,31)/b16-15+. The maximum atomic E-state index is 12.1. The molecule has 0 bridgehead atoms. The molecule has 3 rings (SSSR count). The first kappa shape index (κ1) is 22.5. The van der Waals surface area contributed by atoms with Gasteiger partial charge in [-0.15, -0.1) is 0 Å². The number of amides is 1. The van der Waals surface area contributed by atoms with Gasteiger partial charge in [-0.25, -0.2) is 0 Å². The molecule has 31 heavy (non-hydrogen) atoms. The number of carbonyl (C=O) groups excluding carboxylic acids is 1. The molecular formula is C25H23ClN2O2S. The fraction of sp³-hybridized carbons (Fsp3) is 0.120. The van der Waals surface area contributed by atoms with Crippen LogP contribution in [0.15, 0.2) is 84.9 Å². The molecule has 0 aliphatic rings. The van der Waals surface area contributed by atoms with Gasteiger partial charge in [0, 0.05) is 22.9 Å². The number of nitrogens with one attached hydrogen (secondary N) is 2. The first-order valence-corrected chi connectivity index (χ1v) is 10.7. The Morgan fingerprint density at radius 1 is 1.00 bits per heavy atom. The minimum absolute atomic E-state index is 0.204. The molecule has 0 radical (unpaired) electrons. The summed E-state index contributed by atoms with van der Waals surface area (Å²) in [6, 6.07) is 25.1. The predicted molar refractivity (Wildman–Crippen MR) is 132 cm³/mol. The number of hydrogen-bond acceptors (Lipinski definition) is 3. The summed E-state index contributed by atoms with van der Waals surface area (Å²) in [5, 5.41) is 6.40. The van der Waals surface area contributed by atoms with Crippen LogP contribution in [0.3, 0.4) is 0 Å². The summed E-state index contributed by atoms with van der Waals surface area (Å²) in [5.41, 5.74) is 2.79. The van der Waals surface area contributed by atoms with Crippen LogP contribution in [0.2, 0.25) is 5.02 Å². The van der Waals surface area contributed by atoms with Crippen molar-refractivity contribution in [3.05, 3.63) is 101 Å². The van der Waals surface area contributed by atoms with Gasteiger partial charge in [-0.3, -0.25) is 10.1 Å². The van der Waals surface area contributed by atoms with Gasteiger partial charge < -0.3 is 10.1 Å². The average Bonchev–Trinajstić information content (AvgIpc) is 2.77. The molecule has 0 aliphatic carbocycles. The van der Waals surface area contributed by atoms with Gasteiger partial charge >= 0.3 is 0 Å². The summed E-state index contributed by atoms with van der Waals surface area (Å²) in [5.74, 6) is 0.400. The number of ether oxygens (including phenoxy) is 1. The van der Waals surface area contributed by atoms with Crippen molar-refractivity contribution >= 4 is 46.6 Å². The van der Waals surface area contributed by atoms with Crippen LogP contribution < -0.4 is 15.4 Å². The molecule has 0 atom stereocenters. The first-order chi connectivity index (χ1) is 15.1. The highest BCUT2D eigenvalue weighted by Crippen LogP contribution is 2.18. The number of carbonyl (C=O) groups is 1. The van der Waals surface area contributed by atoms with Crippen molar-refractivity contribution in [2.24, 2.45) is 0 Å². The zero-order valence-electron chi connectivity index (χ0n) is 16.9. The minimum atomic E-state index is -0.342. The zero-order chi connectivity index (χ0) is 21.9. The number of aryl methyl sites for hydroxylation is 1. The molecule has 1 amide bonds. The van der Waals surface area contributed by atoms with Crippen molar-refractivity contribution in [1.82, 2.24) is 5.32 Å². The molecule has 0 aliphatic heterocycles. The second-order valence-electron chi connectivity index (χ2n) is 6.76. The molecule has 0 fully saturated rings. The summed E-state index contributed by atoms with van der Waals surface area (Å²) in [7, 11) is 0. The van der Waals surface area contributed by atoms with Crippen LogP contribution in [-0.4, -0.2) is 17.6 Å². The third kappa shape index (κ3) is 7.89. The van der Waals surface area contributed by atoms with Crippen LogP contribution in [0, 0.1) is 0 Å². The number of thiocarbonyl (C=S) groups is 1. The molecule has 0 unspecified atom stereocenters. The highest BCUT2D eigenvalue weighted by molar-refractivity contribution is 7.80. The van der Waals surface area contributed by atoms with E-state index in [1.807, 2.05) is 60.7 Å². The number of rotatable bonds is 8. The third-order valence-electron chi connectivity index (χ3n) is 4.37. The molecule has 158 valence electrons. The van der Waals surface area contributed by atoms with Crippen molar-refractivity contribution in [1.29, 1.82) is 0 Å². The van der Waals surface area contributed by atoms with Crippen LogP contribution in [0.4, 0.5) is 5.69 Å². The number of anilines is 1. The molecule has 3 aromatic rings. The normalized spacial score (nSPS) is 10.6. The lowest BCUT2D eigenvalue weighted by atomic mass is 10.1. The van der Waals surface area contributed by atoms with Crippen LogP contribution >= 0.6 is 23.8 Å². The average molecular weight is 451 g/mol. The molecule has 6 heteroatoms. The molecule has 3 aromatic carbocycles. The second-order valence-corrected chi connectivity index (χ2v) is 7.58. The fourth-order valence-electron chi connectivity index (χ4n) is 2.87. The molecule has 0 heterocycles. The largest absolute Gasteiger partial charge is 0.494 e. The fourth-order valence-corrected chi connectivity index (χ4v) is 3.28. The van der Waals surface area contributed by atoms with Gasteiger partial charge in [0.2, 0.25) is 5.91 Å². The highest BCUT2D eigenvalue weighted by Gasteiger charge is 2.04. The summed E-state index contributed by atoms with van der Waals surface area (Å²) in [6.07, 6.45) is 4.93. The van der Waals surface area contributed by atoms with E-state index in [1.165, 1.54) is 11.6 Å². The Morgan fingerprint density at radius 2 is 1.77 bits per heavy atom. The molecule has 0 spiro atoms. The zero-order valence-corrected chi connectivity index (χ0v) is 18.5. The van der Waals surface area contributed by atoms with E-state index in [9.17, 15) is 4.79 Å². The number of hydrogen-bond donors (Lipinski definition) is 2. The van der Waals surface area contributed by atoms with Crippen molar-refractivity contribution in [2.45, 2.75) is 12.8 Å². The lowest BCUT2D eigenvalue weighted by Crippen LogP contribution is -2.32. The Balaban J connectivity index is 1.44. The van der Waals surface area contributed by atoms with E-state index in [2.05, 4.69) is 22.8 Å². The van der Waals surface area contributed by atoms with Gasteiger partial charge in [-0.1, -0.05) is 66.2 Å². The van der Waals surface area contributed by atoms with Gasteiger partial charge in [-0.2, -0.15) is 0 Å². The Bertz CT molecular complexity index is 1050. The highest BCUT2D eigenvalue weighted by atomic mass is 35.5. The monoisotopic (exact) mass is 450 g/mol. The quantitative estimate of drug-likeness (QED) is 0.255. The van der Waals surface area contributed by atoms with E-state index in [4.69, 9.17) is 28.6 Å². The molecule has 0 aromatic heterocycles. The molecule has 0 saturated heterocycles. The summed E-state index contributed by atoms with van der Waals surface area (Å²) >= 11 is 11.3. The van der Waals surface area contributed by atoms with Crippen molar-refractivity contribution in [3.8, 4) is 5.75 Å². The van der Waals surface area contributed by atoms with Gasteiger partial charge in [0.25, 0.3) is 0 Å². The van der Waals surface area contributed by atoms with E-state index >= 15 is 0 Å². The Hall–Kier alpha value is -3.15. The summed E-state index contributed by atoms with van der Waals surface area (Å²) in [4.78, 5) is 12.1. The lowest BCUT2D eigenvalue weighted by molar-refractivity contribution is -0.115. The topological polar surface area (TPSA) is 50.4 Å². The molecule has 4 nitrogen and oxygen atoms in total. The van der Waals surface area contributed by atoms with Gasteiger partial charge in [0.1, 0.15) is 5.75 Å². The summed E-state index contributed by atoms with van der Waals surface area (Å²) < 4.78 is 5.84. The number of halogens is 1. The Kier molecular flexibility index (Phi) is 8.64. The van der Waals surface area contributed by atoms with E-state index in [0.29, 0.717) is 11.6 Å². The second kappa shape index (κ2) is 11.9. The van der Waals surface area contributed by atoms with Crippen molar-refractivity contribution in [2.75, 3.05) is 11.9 Å². The van der Waals surface area contributed by atoms with Gasteiger partial charge in [-0.05, 0) is 60.5 Å². The van der Waals surface area contributed by atoms with Crippen molar-refractivity contribution < 1.29 is 9.53 Å². The van der Waals surface area contributed by atoms with Crippen LogP contribution in [-0.2, 0) is 11.2 Å². The summed E-state index contributed by atoms with van der Waals surface area (Å²) in [6.45, 7) is 0.617. The maximum absolute atomic E-state index is 12.1. The van der Waals surface area contributed by atoms with Crippen LogP contribution in [0.5, 0.6) is 5.75 Å². The van der Waals surface area contributed by atoms with E-state index in [0.717, 1.165) is 29.8 Å². The maximum Gasteiger partial charge on any atom is 0.250 e. The molecular weight excluding hydrogens is 428 g/mol. The predicted octanol–water partition coefficient (Wildman–Crippen LogP) is 5.88. The molecule has 0 saturated carbocycles. The van der Waals surface area contributed by atoms with Crippen molar-refractivity contribution in [3.63, 3.8) is 0 Å². The van der Waals surface area contributed by atoms with Gasteiger partial charge in [0.15, 0.2) is 5.11 Å². The SMILES string of the molecule is O=C(/C=C/c1ccccc1Cl)NC(=S)Nc1cccc(OCCCc2ccccc2)c1. The number of benzene rings is 3. The Morgan fingerprint density at radius 3 is 2.58 bits per heavy atom. The Labute approximate surface area is 192 Å². The smallest absolute Gasteiger partial charge is 0.250 e. The van der Waals surface area contributed by atoms with E-state index in [-0.39, 0.29) is 11.0 Å². The van der Waals surface area contributed by atoms with Crippen LogP contribution in [0.1, 0.15) is 17.5 Å². The van der Waals surface area contributed by atoms with Gasteiger partial charge in [0.05, 0.1) is 6.61 Å². The van der Waals surface area contributed by atoms with Crippen LogP contribution in [0.25, 0.3) is 6.08 Å². The first-order valence-electron chi connectivity index (χ1n) is 9.91. The van der Waals surface area contributed by atoms with E-state index < -0.39 is 0 Å².